The fraction of sp³-hybridized carbons (Fsp3) is 0.538. The molecular weight excluding hydrogens is 348 g/mol. The quantitative estimate of drug-likeness (QED) is 0.808. The van der Waals surface area contributed by atoms with E-state index in [1.165, 1.54) is 19.1 Å². The van der Waals surface area contributed by atoms with E-state index < -0.39 is 25.4 Å². The summed E-state index contributed by atoms with van der Waals surface area (Å²) in [4.78, 5) is -0.0159. The standard InChI is InChI=1S/C13H22N2O4S2.ClH/c1-9-6-11(20(5,16)17)10(2)12(7-9)21(18,19)15-13(3,4)8-14;/h6-7,15H,8,14H2,1-5H3;1H. The summed E-state index contributed by atoms with van der Waals surface area (Å²) in [6, 6.07) is 2.93. The molecule has 0 aliphatic carbocycles. The van der Waals surface area contributed by atoms with Crippen LogP contribution in [0, 0.1) is 13.8 Å². The molecule has 1 aromatic carbocycles. The Labute approximate surface area is 138 Å². The first-order valence-electron chi connectivity index (χ1n) is 6.35. The maximum absolute atomic E-state index is 12.5. The minimum atomic E-state index is -3.86. The van der Waals surface area contributed by atoms with Gasteiger partial charge in [-0.05, 0) is 51.0 Å². The SMILES string of the molecule is Cc1cc(S(C)(=O)=O)c(C)c(S(=O)(=O)NC(C)(C)CN)c1.Cl. The molecule has 0 aliphatic rings. The molecule has 0 spiro atoms. The molecule has 0 atom stereocenters. The molecule has 0 unspecified atom stereocenters. The molecule has 6 nitrogen and oxygen atoms in total. The summed E-state index contributed by atoms with van der Waals surface area (Å²) < 4.78 is 51.1. The van der Waals surface area contributed by atoms with Gasteiger partial charge in [-0.15, -0.1) is 12.4 Å². The molecule has 3 N–H and O–H groups in total. The molecule has 0 aromatic heterocycles. The average molecular weight is 371 g/mol. The monoisotopic (exact) mass is 370 g/mol. The van der Waals surface area contributed by atoms with Gasteiger partial charge in [0.1, 0.15) is 0 Å². The Bertz CT molecular complexity index is 756. The van der Waals surface area contributed by atoms with Crippen molar-refractivity contribution < 1.29 is 16.8 Å². The first-order valence-corrected chi connectivity index (χ1v) is 9.73. The Hall–Kier alpha value is -0.670. The molecule has 128 valence electrons. The van der Waals surface area contributed by atoms with Crippen molar-refractivity contribution in [3.05, 3.63) is 23.3 Å². The minimum absolute atomic E-state index is 0. The molecule has 1 rings (SSSR count). The smallest absolute Gasteiger partial charge is 0.241 e. The zero-order chi connectivity index (χ0) is 16.6. The van der Waals surface area contributed by atoms with Gasteiger partial charge in [-0.2, -0.15) is 0 Å². The van der Waals surface area contributed by atoms with E-state index in [-0.39, 0.29) is 34.3 Å². The predicted molar refractivity (Wildman–Crippen MR) is 89.7 cm³/mol. The lowest BCUT2D eigenvalue weighted by atomic mass is 10.1. The lowest BCUT2D eigenvalue weighted by Gasteiger charge is -2.25. The third-order valence-corrected chi connectivity index (χ3v) is 6.11. The van der Waals surface area contributed by atoms with Crippen molar-refractivity contribution in [2.45, 2.75) is 43.0 Å². The number of sulfonamides is 1. The number of hydrogen-bond donors (Lipinski definition) is 2. The maximum Gasteiger partial charge on any atom is 0.241 e. The van der Waals surface area contributed by atoms with E-state index in [2.05, 4.69) is 4.72 Å². The largest absolute Gasteiger partial charge is 0.329 e. The van der Waals surface area contributed by atoms with Crippen LogP contribution < -0.4 is 10.5 Å². The van der Waals surface area contributed by atoms with Gasteiger partial charge in [-0.1, -0.05) is 0 Å². The Morgan fingerprint density at radius 2 is 1.55 bits per heavy atom. The van der Waals surface area contributed by atoms with Crippen LogP contribution in [0.4, 0.5) is 0 Å². The third-order valence-electron chi connectivity index (χ3n) is 3.07. The van der Waals surface area contributed by atoms with Crippen LogP contribution in [0.15, 0.2) is 21.9 Å². The third kappa shape index (κ3) is 4.92. The number of nitrogens with one attached hydrogen (secondary N) is 1. The number of sulfone groups is 1. The van der Waals surface area contributed by atoms with Crippen molar-refractivity contribution in [1.29, 1.82) is 0 Å². The molecule has 0 heterocycles. The first-order chi connectivity index (χ1) is 9.30. The lowest BCUT2D eigenvalue weighted by Crippen LogP contribution is -2.48. The number of rotatable bonds is 5. The second-order valence-corrected chi connectivity index (χ2v) is 9.49. The molecule has 0 radical (unpaired) electrons. The molecule has 0 bridgehead atoms. The number of halogens is 1. The fourth-order valence-electron chi connectivity index (χ4n) is 1.92. The van der Waals surface area contributed by atoms with E-state index in [9.17, 15) is 16.8 Å². The van der Waals surface area contributed by atoms with Crippen molar-refractivity contribution in [2.75, 3.05) is 12.8 Å². The fourth-order valence-corrected chi connectivity index (χ4v) is 4.82. The highest BCUT2D eigenvalue weighted by Gasteiger charge is 2.28. The van der Waals surface area contributed by atoms with Crippen LogP contribution in [0.25, 0.3) is 0 Å². The lowest BCUT2D eigenvalue weighted by molar-refractivity contribution is 0.462. The van der Waals surface area contributed by atoms with E-state index in [0.29, 0.717) is 5.56 Å². The van der Waals surface area contributed by atoms with E-state index in [1.54, 1.807) is 20.8 Å². The van der Waals surface area contributed by atoms with Crippen molar-refractivity contribution in [1.82, 2.24) is 4.72 Å². The van der Waals surface area contributed by atoms with E-state index in [4.69, 9.17) is 5.73 Å². The van der Waals surface area contributed by atoms with Crippen LogP contribution in [-0.2, 0) is 19.9 Å². The van der Waals surface area contributed by atoms with E-state index in [1.807, 2.05) is 0 Å². The zero-order valence-corrected chi connectivity index (χ0v) is 15.7. The molecule has 22 heavy (non-hydrogen) atoms. The van der Waals surface area contributed by atoms with Crippen LogP contribution in [0.1, 0.15) is 25.0 Å². The Kier molecular flexibility index (Phi) is 6.63. The highest BCUT2D eigenvalue weighted by molar-refractivity contribution is 7.91. The van der Waals surface area contributed by atoms with Gasteiger partial charge in [0.2, 0.25) is 10.0 Å². The Morgan fingerprint density at radius 1 is 1.09 bits per heavy atom. The molecule has 0 amide bonds. The van der Waals surface area contributed by atoms with Gasteiger partial charge in [0.15, 0.2) is 9.84 Å². The zero-order valence-electron chi connectivity index (χ0n) is 13.3. The topological polar surface area (TPSA) is 106 Å². The summed E-state index contributed by atoms with van der Waals surface area (Å²) in [6.45, 7) is 6.58. The van der Waals surface area contributed by atoms with Crippen molar-refractivity contribution in [3.63, 3.8) is 0 Å². The molecule has 9 heteroatoms. The summed E-state index contributed by atoms with van der Waals surface area (Å²) in [5.74, 6) is 0. The summed E-state index contributed by atoms with van der Waals surface area (Å²) in [5, 5.41) is 0. The normalized spacial score (nSPS) is 12.8. The second-order valence-electron chi connectivity index (χ2n) is 5.85. The number of hydrogen-bond acceptors (Lipinski definition) is 5. The van der Waals surface area contributed by atoms with Gasteiger partial charge in [0.05, 0.1) is 9.79 Å². The highest BCUT2D eigenvalue weighted by Crippen LogP contribution is 2.25. The van der Waals surface area contributed by atoms with Crippen LogP contribution in [-0.4, -0.2) is 35.2 Å². The number of benzene rings is 1. The van der Waals surface area contributed by atoms with Gasteiger partial charge >= 0.3 is 0 Å². The minimum Gasteiger partial charge on any atom is -0.329 e. The number of nitrogens with two attached hydrogens (primary N) is 1. The van der Waals surface area contributed by atoms with E-state index >= 15 is 0 Å². The van der Waals surface area contributed by atoms with Gasteiger partial charge in [-0.25, -0.2) is 21.6 Å². The van der Waals surface area contributed by atoms with Gasteiger partial charge < -0.3 is 5.73 Å². The molecule has 0 fully saturated rings. The van der Waals surface area contributed by atoms with Crippen LogP contribution in [0.3, 0.4) is 0 Å². The molecule has 1 aromatic rings. The predicted octanol–water partition coefficient (Wildman–Crippen LogP) is 1.14. The summed E-state index contributed by atoms with van der Waals surface area (Å²) in [6.07, 6.45) is 1.06. The Morgan fingerprint density at radius 3 is 1.95 bits per heavy atom. The highest BCUT2D eigenvalue weighted by atomic mass is 35.5. The average Bonchev–Trinajstić information content (AvgIpc) is 2.29. The van der Waals surface area contributed by atoms with E-state index in [0.717, 1.165) is 6.26 Å². The Balaban J connectivity index is 0.00000441. The molecule has 0 aliphatic heterocycles. The molecule has 0 saturated carbocycles. The maximum atomic E-state index is 12.5. The van der Waals surface area contributed by atoms with Crippen LogP contribution in [0.2, 0.25) is 0 Å². The van der Waals surface area contributed by atoms with Gasteiger partial charge in [-0.3, -0.25) is 0 Å². The summed E-state index contributed by atoms with van der Waals surface area (Å²) in [5.41, 5.74) is 5.49. The summed E-state index contributed by atoms with van der Waals surface area (Å²) >= 11 is 0. The molecular formula is C13H23ClN2O4S2. The molecule has 0 saturated heterocycles. The number of aryl methyl sites for hydroxylation is 1. The van der Waals surface area contributed by atoms with Crippen molar-refractivity contribution >= 4 is 32.3 Å². The van der Waals surface area contributed by atoms with Gasteiger partial charge in [0, 0.05) is 18.3 Å². The van der Waals surface area contributed by atoms with Gasteiger partial charge in [0.25, 0.3) is 0 Å². The second kappa shape index (κ2) is 6.84. The van der Waals surface area contributed by atoms with Crippen molar-refractivity contribution in [3.8, 4) is 0 Å². The summed E-state index contributed by atoms with van der Waals surface area (Å²) in [7, 11) is -7.37. The van der Waals surface area contributed by atoms with Crippen molar-refractivity contribution in [2.24, 2.45) is 5.73 Å². The van der Waals surface area contributed by atoms with Crippen LogP contribution in [0.5, 0.6) is 0 Å². The van der Waals surface area contributed by atoms with Crippen LogP contribution >= 0.6 is 12.4 Å². The first kappa shape index (κ1) is 21.3.